The molecule has 0 spiro atoms. The van der Waals surface area contributed by atoms with Gasteiger partial charge in [-0.2, -0.15) is 0 Å². The molecule has 0 saturated heterocycles. The standard InChI is InChI=1S/C14H12F2N2O/c15-11-2-1-3-12(16)14(11)18-13(19)8-9-4-6-10(17)7-5-9/h1-7H,8,17H2,(H,18,19). The monoisotopic (exact) mass is 262 g/mol. The topological polar surface area (TPSA) is 55.1 Å². The summed E-state index contributed by atoms with van der Waals surface area (Å²) in [5, 5.41) is 2.22. The van der Waals surface area contributed by atoms with Gasteiger partial charge in [0, 0.05) is 5.69 Å². The largest absolute Gasteiger partial charge is 0.399 e. The maximum Gasteiger partial charge on any atom is 0.228 e. The second-order valence-electron chi connectivity index (χ2n) is 4.06. The molecular weight excluding hydrogens is 250 g/mol. The third-order valence-corrected chi connectivity index (χ3v) is 2.57. The summed E-state index contributed by atoms with van der Waals surface area (Å²) < 4.78 is 26.7. The number of nitrogens with one attached hydrogen (secondary N) is 1. The van der Waals surface area contributed by atoms with Crippen molar-refractivity contribution in [3.63, 3.8) is 0 Å². The predicted octanol–water partition coefficient (Wildman–Crippen LogP) is 2.73. The van der Waals surface area contributed by atoms with E-state index in [0.29, 0.717) is 11.3 Å². The van der Waals surface area contributed by atoms with Gasteiger partial charge in [-0.05, 0) is 29.8 Å². The van der Waals surface area contributed by atoms with E-state index >= 15 is 0 Å². The van der Waals surface area contributed by atoms with E-state index in [1.807, 2.05) is 0 Å². The number of amides is 1. The fourth-order valence-corrected chi connectivity index (χ4v) is 1.62. The SMILES string of the molecule is Nc1ccc(CC(=O)Nc2c(F)cccc2F)cc1. The summed E-state index contributed by atoms with van der Waals surface area (Å²) in [6.45, 7) is 0. The molecule has 0 heterocycles. The van der Waals surface area contributed by atoms with Crippen molar-refractivity contribution in [2.75, 3.05) is 11.1 Å². The average molecular weight is 262 g/mol. The molecule has 19 heavy (non-hydrogen) atoms. The molecule has 0 atom stereocenters. The molecule has 2 rings (SSSR count). The Bertz CT molecular complexity index is 577. The molecule has 2 aromatic rings. The zero-order valence-corrected chi connectivity index (χ0v) is 9.99. The summed E-state index contributed by atoms with van der Waals surface area (Å²) in [4.78, 5) is 11.7. The van der Waals surface area contributed by atoms with Gasteiger partial charge in [-0.1, -0.05) is 18.2 Å². The summed E-state index contributed by atoms with van der Waals surface area (Å²) in [5.41, 5.74) is 6.39. The van der Waals surface area contributed by atoms with Crippen LogP contribution in [-0.2, 0) is 11.2 Å². The van der Waals surface area contributed by atoms with Gasteiger partial charge in [-0.15, -0.1) is 0 Å². The number of benzene rings is 2. The lowest BCUT2D eigenvalue weighted by Crippen LogP contribution is -2.16. The first-order valence-corrected chi connectivity index (χ1v) is 5.64. The van der Waals surface area contributed by atoms with E-state index in [1.54, 1.807) is 24.3 Å². The Hall–Kier alpha value is -2.43. The zero-order valence-electron chi connectivity index (χ0n) is 9.99. The number of hydrogen-bond donors (Lipinski definition) is 2. The molecule has 0 aromatic heterocycles. The van der Waals surface area contributed by atoms with Crippen molar-refractivity contribution < 1.29 is 13.6 Å². The highest BCUT2D eigenvalue weighted by atomic mass is 19.1. The Kier molecular flexibility index (Phi) is 3.75. The number of rotatable bonds is 3. The molecule has 98 valence electrons. The minimum Gasteiger partial charge on any atom is -0.399 e. The second-order valence-corrected chi connectivity index (χ2v) is 4.06. The molecule has 5 heteroatoms. The highest BCUT2D eigenvalue weighted by Gasteiger charge is 2.12. The Labute approximate surface area is 109 Å². The molecule has 0 aliphatic heterocycles. The van der Waals surface area contributed by atoms with Crippen LogP contribution in [0, 0.1) is 11.6 Å². The van der Waals surface area contributed by atoms with Crippen LogP contribution in [0.5, 0.6) is 0 Å². The third-order valence-electron chi connectivity index (χ3n) is 2.57. The normalized spacial score (nSPS) is 10.2. The van der Waals surface area contributed by atoms with Gasteiger partial charge in [0.15, 0.2) is 0 Å². The average Bonchev–Trinajstić information content (AvgIpc) is 2.37. The Balaban J connectivity index is 2.07. The van der Waals surface area contributed by atoms with Crippen molar-refractivity contribution in [2.45, 2.75) is 6.42 Å². The van der Waals surface area contributed by atoms with Crippen LogP contribution in [0.4, 0.5) is 20.2 Å². The number of hydrogen-bond acceptors (Lipinski definition) is 2. The number of halogens is 2. The van der Waals surface area contributed by atoms with E-state index < -0.39 is 23.2 Å². The Morgan fingerprint density at radius 3 is 2.21 bits per heavy atom. The van der Waals surface area contributed by atoms with E-state index in [4.69, 9.17) is 5.73 Å². The number of carbonyl (C=O) groups excluding carboxylic acids is 1. The number of anilines is 2. The third kappa shape index (κ3) is 3.28. The van der Waals surface area contributed by atoms with Crippen LogP contribution in [0.1, 0.15) is 5.56 Å². The molecule has 0 saturated carbocycles. The minimum atomic E-state index is -0.800. The first-order valence-electron chi connectivity index (χ1n) is 5.64. The fourth-order valence-electron chi connectivity index (χ4n) is 1.62. The van der Waals surface area contributed by atoms with Crippen LogP contribution in [0.3, 0.4) is 0 Å². The van der Waals surface area contributed by atoms with Gasteiger partial charge in [0.2, 0.25) is 5.91 Å². The van der Waals surface area contributed by atoms with Gasteiger partial charge < -0.3 is 11.1 Å². The van der Waals surface area contributed by atoms with Crippen molar-refractivity contribution in [3.05, 3.63) is 59.7 Å². The quantitative estimate of drug-likeness (QED) is 0.836. The van der Waals surface area contributed by atoms with Gasteiger partial charge in [0.25, 0.3) is 0 Å². The van der Waals surface area contributed by atoms with Crippen LogP contribution in [0.15, 0.2) is 42.5 Å². The fraction of sp³-hybridized carbons (Fsp3) is 0.0714. The number of carbonyl (C=O) groups is 1. The summed E-state index contributed by atoms with van der Waals surface area (Å²) >= 11 is 0. The Morgan fingerprint density at radius 1 is 1.05 bits per heavy atom. The summed E-state index contributed by atoms with van der Waals surface area (Å²) in [6.07, 6.45) is 0.0219. The van der Waals surface area contributed by atoms with E-state index in [1.165, 1.54) is 6.07 Å². The first kappa shape index (κ1) is 13.0. The minimum absolute atomic E-state index is 0.0219. The summed E-state index contributed by atoms with van der Waals surface area (Å²) in [5.74, 6) is -2.09. The lowest BCUT2D eigenvalue weighted by molar-refractivity contribution is -0.115. The molecule has 0 aliphatic carbocycles. The number of nitrogen functional groups attached to an aromatic ring is 1. The van der Waals surface area contributed by atoms with Crippen LogP contribution in [0.25, 0.3) is 0 Å². The van der Waals surface area contributed by atoms with Crippen molar-refractivity contribution in [1.29, 1.82) is 0 Å². The zero-order chi connectivity index (χ0) is 13.8. The summed E-state index contributed by atoms with van der Waals surface area (Å²) in [6, 6.07) is 10.1. The van der Waals surface area contributed by atoms with E-state index in [0.717, 1.165) is 12.1 Å². The maximum atomic E-state index is 13.3. The molecule has 0 bridgehead atoms. The molecule has 0 unspecified atom stereocenters. The van der Waals surface area contributed by atoms with E-state index in [-0.39, 0.29) is 6.42 Å². The molecule has 0 fully saturated rings. The maximum absolute atomic E-state index is 13.3. The van der Waals surface area contributed by atoms with E-state index in [2.05, 4.69) is 5.32 Å². The molecule has 2 aromatic carbocycles. The molecule has 0 aliphatic rings. The highest BCUT2D eigenvalue weighted by molar-refractivity contribution is 5.92. The van der Waals surface area contributed by atoms with E-state index in [9.17, 15) is 13.6 Å². The van der Waals surface area contributed by atoms with Gasteiger partial charge in [0.05, 0.1) is 6.42 Å². The van der Waals surface area contributed by atoms with Gasteiger partial charge in [-0.3, -0.25) is 4.79 Å². The lowest BCUT2D eigenvalue weighted by Gasteiger charge is -2.07. The van der Waals surface area contributed by atoms with Gasteiger partial charge in [-0.25, -0.2) is 8.78 Å². The first-order chi connectivity index (χ1) is 9.06. The number of nitrogens with two attached hydrogens (primary N) is 1. The predicted molar refractivity (Wildman–Crippen MR) is 69.5 cm³/mol. The van der Waals surface area contributed by atoms with Crippen molar-refractivity contribution in [1.82, 2.24) is 0 Å². The molecule has 1 amide bonds. The molecule has 3 N–H and O–H groups in total. The van der Waals surface area contributed by atoms with Gasteiger partial charge in [0.1, 0.15) is 17.3 Å². The summed E-state index contributed by atoms with van der Waals surface area (Å²) in [7, 11) is 0. The van der Waals surface area contributed by atoms with Crippen molar-refractivity contribution >= 4 is 17.3 Å². The number of para-hydroxylation sites is 1. The molecule has 0 radical (unpaired) electrons. The second kappa shape index (κ2) is 5.48. The van der Waals surface area contributed by atoms with Crippen LogP contribution < -0.4 is 11.1 Å². The van der Waals surface area contributed by atoms with Crippen LogP contribution in [-0.4, -0.2) is 5.91 Å². The van der Waals surface area contributed by atoms with Gasteiger partial charge >= 0.3 is 0 Å². The molecular formula is C14H12F2N2O. The Morgan fingerprint density at radius 2 is 1.63 bits per heavy atom. The van der Waals surface area contributed by atoms with Crippen LogP contribution in [0.2, 0.25) is 0 Å². The van der Waals surface area contributed by atoms with Crippen molar-refractivity contribution in [3.8, 4) is 0 Å². The van der Waals surface area contributed by atoms with Crippen LogP contribution >= 0.6 is 0 Å². The molecule has 3 nitrogen and oxygen atoms in total. The smallest absolute Gasteiger partial charge is 0.228 e. The highest BCUT2D eigenvalue weighted by Crippen LogP contribution is 2.18. The van der Waals surface area contributed by atoms with Crippen molar-refractivity contribution in [2.24, 2.45) is 0 Å². The lowest BCUT2D eigenvalue weighted by atomic mass is 10.1.